The van der Waals surface area contributed by atoms with Gasteiger partial charge in [-0.2, -0.15) is 0 Å². The summed E-state index contributed by atoms with van der Waals surface area (Å²) >= 11 is 0. The quantitative estimate of drug-likeness (QED) is 0.540. The maximum atomic E-state index is 13.3. The predicted octanol–water partition coefficient (Wildman–Crippen LogP) is 4.99. The number of carbonyl (C=O) groups excluding carboxylic acids is 1. The number of anilines is 1. The zero-order chi connectivity index (χ0) is 20.4. The Hall–Kier alpha value is -3.66. The molecule has 0 aliphatic rings. The van der Waals surface area contributed by atoms with Crippen LogP contribution >= 0.6 is 0 Å². The molecule has 3 aromatic carbocycles. The molecule has 1 amide bonds. The Labute approximate surface area is 169 Å². The number of fused-ring (bicyclic) bond motifs is 1. The highest BCUT2D eigenvalue weighted by molar-refractivity contribution is 6.06. The van der Waals surface area contributed by atoms with E-state index in [1.807, 2.05) is 80.6 Å². The Bertz CT molecular complexity index is 1240. The number of nitrogens with zero attached hydrogens (tertiary/aromatic N) is 1. The number of aryl methyl sites for hydroxylation is 2. The molecule has 1 aromatic heterocycles. The zero-order valence-corrected chi connectivity index (χ0v) is 16.5. The van der Waals surface area contributed by atoms with Gasteiger partial charge in [-0.3, -0.25) is 9.59 Å². The van der Waals surface area contributed by atoms with Gasteiger partial charge < -0.3 is 9.88 Å². The lowest BCUT2D eigenvalue weighted by atomic mass is 10.1. The van der Waals surface area contributed by atoms with Crippen LogP contribution in [0, 0.1) is 13.8 Å². The fourth-order valence-corrected chi connectivity index (χ4v) is 3.53. The van der Waals surface area contributed by atoms with Gasteiger partial charge in [-0.15, -0.1) is 0 Å². The van der Waals surface area contributed by atoms with Gasteiger partial charge in [-0.25, -0.2) is 0 Å². The number of rotatable bonds is 4. The van der Waals surface area contributed by atoms with Gasteiger partial charge in [0.2, 0.25) is 0 Å². The molecule has 0 fully saturated rings. The average molecular weight is 382 g/mol. The molecule has 0 spiro atoms. The molecule has 1 heterocycles. The van der Waals surface area contributed by atoms with Gasteiger partial charge in [0.05, 0.1) is 12.1 Å². The van der Waals surface area contributed by atoms with Gasteiger partial charge in [-0.05, 0) is 60.7 Å². The summed E-state index contributed by atoms with van der Waals surface area (Å²) in [4.78, 5) is 30.7. The molecular weight excluding hydrogens is 360 g/mol. The smallest absolute Gasteiger partial charge is 0.258 e. The minimum atomic E-state index is -0.176. The third kappa shape index (κ3) is 3.83. The molecule has 4 aromatic rings. The number of benzene rings is 3. The lowest BCUT2D eigenvalue weighted by Gasteiger charge is -2.23. The SMILES string of the molecule is Cc1cccc(N(Cc2cc3cccc(C)c3[nH]c2=O)C(=O)c2ccccc2)c1. The van der Waals surface area contributed by atoms with Crippen molar-refractivity contribution >= 4 is 22.5 Å². The molecule has 0 bridgehead atoms. The first-order valence-electron chi connectivity index (χ1n) is 9.58. The number of para-hydroxylation sites is 1. The van der Waals surface area contributed by atoms with Crippen LogP contribution in [0.15, 0.2) is 83.7 Å². The molecule has 0 saturated carbocycles. The first-order chi connectivity index (χ1) is 14.0. The highest BCUT2D eigenvalue weighted by atomic mass is 16.2. The molecule has 0 unspecified atom stereocenters. The molecule has 0 saturated heterocycles. The Morgan fingerprint density at radius 1 is 0.897 bits per heavy atom. The van der Waals surface area contributed by atoms with E-state index in [1.54, 1.807) is 17.0 Å². The van der Waals surface area contributed by atoms with Crippen LogP contribution in [0.2, 0.25) is 0 Å². The lowest BCUT2D eigenvalue weighted by Crippen LogP contribution is -2.33. The van der Waals surface area contributed by atoms with Crippen LogP contribution in [0.1, 0.15) is 27.0 Å². The number of hydrogen-bond donors (Lipinski definition) is 1. The maximum absolute atomic E-state index is 13.3. The summed E-state index contributed by atoms with van der Waals surface area (Å²) in [6, 6.07) is 24.7. The third-order valence-corrected chi connectivity index (χ3v) is 5.07. The second-order valence-electron chi connectivity index (χ2n) is 7.26. The van der Waals surface area contributed by atoms with Crippen molar-refractivity contribution in [3.63, 3.8) is 0 Å². The summed E-state index contributed by atoms with van der Waals surface area (Å²) in [6.45, 7) is 4.15. The van der Waals surface area contributed by atoms with Crippen molar-refractivity contribution in [3.05, 3.63) is 111 Å². The van der Waals surface area contributed by atoms with Crippen LogP contribution in [-0.4, -0.2) is 10.9 Å². The van der Waals surface area contributed by atoms with Gasteiger partial charge in [0.1, 0.15) is 0 Å². The first kappa shape index (κ1) is 18.7. The van der Waals surface area contributed by atoms with Gasteiger partial charge in [-0.1, -0.05) is 48.5 Å². The van der Waals surface area contributed by atoms with Crippen molar-refractivity contribution in [2.24, 2.45) is 0 Å². The monoisotopic (exact) mass is 382 g/mol. The summed E-state index contributed by atoms with van der Waals surface area (Å²) in [6.07, 6.45) is 0. The summed E-state index contributed by atoms with van der Waals surface area (Å²) in [5.41, 5.74) is 4.63. The van der Waals surface area contributed by atoms with Gasteiger partial charge >= 0.3 is 0 Å². The highest BCUT2D eigenvalue weighted by Gasteiger charge is 2.20. The van der Waals surface area contributed by atoms with E-state index in [0.29, 0.717) is 11.1 Å². The van der Waals surface area contributed by atoms with E-state index in [1.165, 1.54) is 0 Å². The van der Waals surface area contributed by atoms with Crippen molar-refractivity contribution in [1.82, 2.24) is 4.98 Å². The van der Waals surface area contributed by atoms with E-state index in [4.69, 9.17) is 0 Å². The van der Waals surface area contributed by atoms with E-state index >= 15 is 0 Å². The molecule has 4 rings (SSSR count). The van der Waals surface area contributed by atoms with Crippen molar-refractivity contribution < 1.29 is 4.79 Å². The fraction of sp³-hybridized carbons (Fsp3) is 0.120. The van der Waals surface area contributed by atoms with E-state index in [2.05, 4.69) is 4.98 Å². The molecule has 0 aliphatic heterocycles. The molecular formula is C25H22N2O2. The Balaban J connectivity index is 1.80. The van der Waals surface area contributed by atoms with Crippen LogP contribution in [0.25, 0.3) is 10.9 Å². The molecule has 0 radical (unpaired) electrons. The van der Waals surface area contributed by atoms with Gasteiger partial charge in [0.25, 0.3) is 11.5 Å². The molecule has 0 aliphatic carbocycles. The van der Waals surface area contributed by atoms with Crippen LogP contribution in [0.4, 0.5) is 5.69 Å². The van der Waals surface area contributed by atoms with Gasteiger partial charge in [0.15, 0.2) is 0 Å². The maximum Gasteiger partial charge on any atom is 0.258 e. The average Bonchev–Trinajstić information content (AvgIpc) is 2.73. The van der Waals surface area contributed by atoms with E-state index < -0.39 is 0 Å². The molecule has 1 N–H and O–H groups in total. The molecule has 29 heavy (non-hydrogen) atoms. The zero-order valence-electron chi connectivity index (χ0n) is 16.5. The number of hydrogen-bond acceptors (Lipinski definition) is 2. The van der Waals surface area contributed by atoms with Gasteiger partial charge in [0, 0.05) is 16.8 Å². The topological polar surface area (TPSA) is 53.2 Å². The predicted molar refractivity (Wildman–Crippen MR) is 117 cm³/mol. The Morgan fingerprint density at radius 2 is 1.66 bits per heavy atom. The van der Waals surface area contributed by atoms with Crippen molar-refractivity contribution in [3.8, 4) is 0 Å². The molecule has 4 heteroatoms. The number of H-pyrrole nitrogens is 1. The largest absolute Gasteiger partial charge is 0.321 e. The number of pyridine rings is 1. The molecule has 4 nitrogen and oxygen atoms in total. The second kappa shape index (κ2) is 7.76. The number of amides is 1. The van der Waals surface area contributed by atoms with Crippen molar-refractivity contribution in [1.29, 1.82) is 0 Å². The molecule has 0 atom stereocenters. The Kier molecular flexibility index (Phi) is 5.00. The van der Waals surface area contributed by atoms with Crippen molar-refractivity contribution in [2.45, 2.75) is 20.4 Å². The van der Waals surface area contributed by atoms with E-state index in [0.717, 1.165) is 27.7 Å². The summed E-state index contributed by atoms with van der Waals surface area (Å²) in [5.74, 6) is -0.139. The lowest BCUT2D eigenvalue weighted by molar-refractivity contribution is 0.0985. The van der Waals surface area contributed by atoms with E-state index in [9.17, 15) is 9.59 Å². The van der Waals surface area contributed by atoms with Crippen LogP contribution in [-0.2, 0) is 6.54 Å². The van der Waals surface area contributed by atoms with Crippen LogP contribution in [0.3, 0.4) is 0 Å². The minimum absolute atomic E-state index is 0.139. The third-order valence-electron chi connectivity index (χ3n) is 5.07. The fourth-order valence-electron chi connectivity index (χ4n) is 3.53. The van der Waals surface area contributed by atoms with E-state index in [-0.39, 0.29) is 18.0 Å². The summed E-state index contributed by atoms with van der Waals surface area (Å²) in [7, 11) is 0. The number of nitrogens with one attached hydrogen (secondary N) is 1. The minimum Gasteiger partial charge on any atom is -0.321 e. The summed E-state index contributed by atoms with van der Waals surface area (Å²) < 4.78 is 0. The standard InChI is InChI=1S/C25H22N2O2/c1-17-8-6-13-22(14-17)27(25(29)19-10-4-3-5-11-19)16-21-15-20-12-7-9-18(2)23(20)26-24(21)28/h3-15H,16H2,1-2H3,(H,26,28). The van der Waals surface area contributed by atoms with Crippen LogP contribution in [0.5, 0.6) is 0 Å². The highest BCUT2D eigenvalue weighted by Crippen LogP contribution is 2.22. The second-order valence-corrected chi connectivity index (χ2v) is 7.26. The van der Waals surface area contributed by atoms with Crippen molar-refractivity contribution in [2.75, 3.05) is 4.90 Å². The van der Waals surface area contributed by atoms with Crippen LogP contribution < -0.4 is 10.5 Å². The first-order valence-corrected chi connectivity index (χ1v) is 9.58. The Morgan fingerprint density at radius 3 is 2.41 bits per heavy atom. The normalized spacial score (nSPS) is 10.8. The number of aromatic amines is 1. The summed E-state index contributed by atoms with van der Waals surface area (Å²) in [5, 5.41) is 0.955. The number of aromatic nitrogens is 1. The number of carbonyl (C=O) groups is 1. The molecule has 144 valence electrons.